The Bertz CT molecular complexity index is 600. The molecule has 1 aliphatic rings. The Morgan fingerprint density at radius 2 is 2.00 bits per heavy atom. The maximum absolute atomic E-state index is 13.8. The normalized spacial score (nSPS) is 16.1. The SMILES string of the molecule is CN=C(NCCCN1CCCCCC1)NCc1cc(C#N)ccc1F. The third-order valence-electron chi connectivity index (χ3n) is 4.49. The first-order valence-corrected chi connectivity index (χ1v) is 9.08. The molecule has 0 aliphatic carbocycles. The fourth-order valence-corrected chi connectivity index (χ4v) is 3.05. The molecule has 2 N–H and O–H groups in total. The zero-order chi connectivity index (χ0) is 17.9. The number of aliphatic imine (C=N–C) groups is 1. The van der Waals surface area contributed by atoms with Gasteiger partial charge in [0, 0.05) is 25.7 Å². The van der Waals surface area contributed by atoms with Crippen LogP contribution in [0, 0.1) is 17.1 Å². The van der Waals surface area contributed by atoms with E-state index >= 15 is 0 Å². The van der Waals surface area contributed by atoms with Crippen molar-refractivity contribution in [3.8, 4) is 6.07 Å². The molecule has 25 heavy (non-hydrogen) atoms. The van der Waals surface area contributed by atoms with Gasteiger partial charge in [-0.1, -0.05) is 12.8 Å². The minimum absolute atomic E-state index is 0.299. The summed E-state index contributed by atoms with van der Waals surface area (Å²) in [6.45, 7) is 4.65. The second-order valence-electron chi connectivity index (χ2n) is 6.38. The van der Waals surface area contributed by atoms with Gasteiger partial charge in [0.1, 0.15) is 5.82 Å². The smallest absolute Gasteiger partial charge is 0.191 e. The summed E-state index contributed by atoms with van der Waals surface area (Å²) in [6.07, 6.45) is 6.39. The van der Waals surface area contributed by atoms with Crippen molar-refractivity contribution in [3.63, 3.8) is 0 Å². The van der Waals surface area contributed by atoms with Crippen molar-refractivity contribution >= 4 is 5.96 Å². The maximum Gasteiger partial charge on any atom is 0.191 e. The predicted octanol–water partition coefficient (Wildman–Crippen LogP) is 2.63. The second kappa shape index (κ2) is 10.7. The Labute approximate surface area is 149 Å². The van der Waals surface area contributed by atoms with Crippen LogP contribution in [0.1, 0.15) is 43.2 Å². The number of hydrogen-bond donors (Lipinski definition) is 2. The van der Waals surface area contributed by atoms with Gasteiger partial charge in [-0.05, 0) is 57.1 Å². The average Bonchev–Trinajstić information content (AvgIpc) is 2.91. The van der Waals surface area contributed by atoms with Crippen molar-refractivity contribution < 1.29 is 4.39 Å². The van der Waals surface area contributed by atoms with Crippen LogP contribution in [0.3, 0.4) is 0 Å². The molecule has 0 bridgehead atoms. The molecule has 0 radical (unpaired) electrons. The number of benzene rings is 1. The zero-order valence-electron chi connectivity index (χ0n) is 15.0. The van der Waals surface area contributed by atoms with Crippen molar-refractivity contribution in [1.82, 2.24) is 15.5 Å². The summed E-state index contributed by atoms with van der Waals surface area (Å²) in [5, 5.41) is 15.3. The molecular weight excluding hydrogens is 317 g/mol. The quantitative estimate of drug-likeness (QED) is 0.473. The Balaban J connectivity index is 1.71. The van der Waals surface area contributed by atoms with E-state index in [-0.39, 0.29) is 5.82 Å². The molecule has 2 rings (SSSR count). The molecule has 1 aromatic rings. The Morgan fingerprint density at radius 3 is 2.68 bits per heavy atom. The number of halogens is 1. The van der Waals surface area contributed by atoms with E-state index in [9.17, 15) is 4.39 Å². The lowest BCUT2D eigenvalue weighted by Gasteiger charge is -2.20. The van der Waals surface area contributed by atoms with E-state index in [4.69, 9.17) is 5.26 Å². The summed E-state index contributed by atoms with van der Waals surface area (Å²) >= 11 is 0. The van der Waals surface area contributed by atoms with Crippen molar-refractivity contribution in [3.05, 3.63) is 35.1 Å². The van der Waals surface area contributed by atoms with Crippen molar-refractivity contribution in [1.29, 1.82) is 5.26 Å². The molecule has 0 aromatic heterocycles. The molecule has 0 atom stereocenters. The fraction of sp³-hybridized carbons (Fsp3) is 0.579. The van der Waals surface area contributed by atoms with Crippen LogP contribution < -0.4 is 10.6 Å². The van der Waals surface area contributed by atoms with E-state index in [0.717, 1.165) is 19.5 Å². The minimum atomic E-state index is -0.317. The molecule has 1 saturated heterocycles. The van der Waals surface area contributed by atoms with E-state index in [2.05, 4.69) is 20.5 Å². The van der Waals surface area contributed by atoms with Crippen LogP contribution in [0.25, 0.3) is 0 Å². The molecule has 1 aromatic carbocycles. The van der Waals surface area contributed by atoms with Gasteiger partial charge in [0.25, 0.3) is 0 Å². The molecule has 0 saturated carbocycles. The monoisotopic (exact) mass is 345 g/mol. The highest BCUT2D eigenvalue weighted by atomic mass is 19.1. The Kier molecular flexibility index (Phi) is 8.20. The number of hydrogen-bond acceptors (Lipinski definition) is 3. The lowest BCUT2D eigenvalue weighted by molar-refractivity contribution is 0.282. The van der Waals surface area contributed by atoms with Gasteiger partial charge >= 0.3 is 0 Å². The van der Waals surface area contributed by atoms with E-state index in [0.29, 0.717) is 23.6 Å². The highest BCUT2D eigenvalue weighted by molar-refractivity contribution is 5.79. The number of likely N-dealkylation sites (tertiary alicyclic amines) is 1. The average molecular weight is 345 g/mol. The molecule has 1 aliphatic heterocycles. The molecule has 1 fully saturated rings. The number of rotatable bonds is 6. The fourth-order valence-electron chi connectivity index (χ4n) is 3.05. The summed E-state index contributed by atoms with van der Waals surface area (Å²) in [6, 6.07) is 6.40. The second-order valence-corrected chi connectivity index (χ2v) is 6.38. The van der Waals surface area contributed by atoms with E-state index in [1.807, 2.05) is 6.07 Å². The first kappa shape index (κ1) is 19.2. The summed E-state index contributed by atoms with van der Waals surface area (Å²) in [5.41, 5.74) is 0.921. The van der Waals surface area contributed by atoms with Crippen LogP contribution >= 0.6 is 0 Å². The van der Waals surface area contributed by atoms with Crippen LogP contribution in [-0.2, 0) is 6.54 Å². The first-order chi connectivity index (χ1) is 12.2. The van der Waals surface area contributed by atoms with Gasteiger partial charge in [0.15, 0.2) is 5.96 Å². The van der Waals surface area contributed by atoms with Gasteiger partial charge in [-0.3, -0.25) is 4.99 Å². The number of nitrogens with zero attached hydrogens (tertiary/aromatic N) is 3. The Morgan fingerprint density at radius 1 is 1.24 bits per heavy atom. The molecule has 1 heterocycles. The summed E-state index contributed by atoms with van der Waals surface area (Å²) in [5.74, 6) is 0.334. The molecule has 6 heteroatoms. The zero-order valence-corrected chi connectivity index (χ0v) is 15.0. The van der Waals surface area contributed by atoms with Crippen LogP contribution in [-0.4, -0.2) is 44.1 Å². The van der Waals surface area contributed by atoms with E-state index in [1.54, 1.807) is 13.1 Å². The molecule has 5 nitrogen and oxygen atoms in total. The van der Waals surface area contributed by atoms with Crippen molar-refractivity contribution in [2.45, 2.75) is 38.6 Å². The summed E-state index contributed by atoms with van der Waals surface area (Å²) in [4.78, 5) is 6.70. The molecule has 0 amide bonds. The highest BCUT2D eigenvalue weighted by Gasteiger charge is 2.08. The lowest BCUT2D eigenvalue weighted by atomic mass is 10.1. The van der Waals surface area contributed by atoms with Crippen molar-refractivity contribution in [2.24, 2.45) is 4.99 Å². The van der Waals surface area contributed by atoms with E-state index in [1.165, 1.54) is 50.9 Å². The van der Waals surface area contributed by atoms with Gasteiger partial charge in [-0.2, -0.15) is 5.26 Å². The lowest BCUT2D eigenvalue weighted by Crippen LogP contribution is -2.38. The van der Waals surface area contributed by atoms with Crippen LogP contribution in [0.4, 0.5) is 4.39 Å². The molecule has 136 valence electrons. The number of nitrogens with one attached hydrogen (secondary N) is 2. The van der Waals surface area contributed by atoms with Crippen LogP contribution in [0.2, 0.25) is 0 Å². The van der Waals surface area contributed by atoms with Gasteiger partial charge in [0.05, 0.1) is 11.6 Å². The van der Waals surface area contributed by atoms with Crippen molar-refractivity contribution in [2.75, 3.05) is 33.2 Å². The molecule has 0 unspecified atom stereocenters. The number of guanidine groups is 1. The van der Waals surface area contributed by atoms with E-state index < -0.39 is 0 Å². The summed E-state index contributed by atoms with van der Waals surface area (Å²) in [7, 11) is 1.70. The van der Waals surface area contributed by atoms with Gasteiger partial charge in [-0.15, -0.1) is 0 Å². The first-order valence-electron chi connectivity index (χ1n) is 9.08. The molecule has 0 spiro atoms. The topological polar surface area (TPSA) is 63.5 Å². The largest absolute Gasteiger partial charge is 0.356 e. The van der Waals surface area contributed by atoms with Gasteiger partial charge in [0.2, 0.25) is 0 Å². The van der Waals surface area contributed by atoms with Gasteiger partial charge < -0.3 is 15.5 Å². The van der Waals surface area contributed by atoms with Gasteiger partial charge in [-0.25, -0.2) is 4.39 Å². The Hall–Kier alpha value is -2.13. The number of nitriles is 1. The summed E-state index contributed by atoms with van der Waals surface area (Å²) < 4.78 is 13.8. The third kappa shape index (κ3) is 6.71. The standard InChI is InChI=1S/C19H28FN5/c1-22-19(23-9-6-12-25-10-4-2-3-5-11-25)24-15-17-13-16(14-21)7-8-18(17)20/h7-8,13H,2-6,9-12,15H2,1H3,(H2,22,23,24). The van der Waals surface area contributed by atoms with Crippen LogP contribution in [0.15, 0.2) is 23.2 Å². The molecular formula is C19H28FN5. The predicted molar refractivity (Wildman–Crippen MR) is 98.8 cm³/mol. The highest BCUT2D eigenvalue weighted by Crippen LogP contribution is 2.10. The third-order valence-corrected chi connectivity index (χ3v) is 4.49. The minimum Gasteiger partial charge on any atom is -0.356 e. The van der Waals surface area contributed by atoms with Crippen LogP contribution in [0.5, 0.6) is 0 Å². The maximum atomic E-state index is 13.8.